The van der Waals surface area contributed by atoms with E-state index in [1.165, 1.54) is 0 Å². The number of nitrogens with one attached hydrogen (secondary N) is 1. The number of rotatable bonds is 10. The average molecular weight is 523 g/mol. The standard InChI is InChI=1S/C31H34N6O2/c1-2-3-8-27-36-28-29(24-6-4-5-7-26(24)35-30(28)33)37(27)19-22-11-9-21(10-12-22)18-34-31(39)25(32)17-20-13-15-23(38)16-14-20/h4-7,9-16,25,38H,2-3,8,17-19,32H2,1H3,(H2,33,35)(H,34,39). The quantitative estimate of drug-likeness (QED) is 0.214. The molecule has 8 heteroatoms. The van der Waals surface area contributed by atoms with E-state index in [9.17, 15) is 9.90 Å². The fourth-order valence-corrected chi connectivity index (χ4v) is 4.84. The number of phenols is 1. The van der Waals surface area contributed by atoms with Gasteiger partial charge in [0, 0.05) is 24.9 Å². The minimum Gasteiger partial charge on any atom is -0.508 e. The number of aromatic hydroxyl groups is 1. The van der Waals surface area contributed by atoms with Crippen LogP contribution in [0.5, 0.6) is 5.75 Å². The monoisotopic (exact) mass is 522 g/mol. The third-order valence-corrected chi connectivity index (χ3v) is 7.00. The van der Waals surface area contributed by atoms with Gasteiger partial charge < -0.3 is 26.5 Å². The Morgan fingerprint density at radius 2 is 1.67 bits per heavy atom. The lowest BCUT2D eigenvalue weighted by Gasteiger charge is -2.14. The molecule has 0 bridgehead atoms. The van der Waals surface area contributed by atoms with Crippen LogP contribution < -0.4 is 16.8 Å². The predicted molar refractivity (Wildman–Crippen MR) is 155 cm³/mol. The molecule has 8 nitrogen and oxygen atoms in total. The first-order valence-electron chi connectivity index (χ1n) is 13.3. The molecule has 2 aromatic heterocycles. The molecule has 200 valence electrons. The maximum absolute atomic E-state index is 12.5. The van der Waals surface area contributed by atoms with Crippen LogP contribution in [0.2, 0.25) is 0 Å². The zero-order valence-corrected chi connectivity index (χ0v) is 22.1. The van der Waals surface area contributed by atoms with Gasteiger partial charge in [0.2, 0.25) is 5.91 Å². The Morgan fingerprint density at radius 1 is 0.974 bits per heavy atom. The number of amides is 1. The highest BCUT2D eigenvalue weighted by molar-refractivity contribution is 6.06. The molecule has 5 aromatic rings. The van der Waals surface area contributed by atoms with Gasteiger partial charge in [0.15, 0.2) is 5.82 Å². The number of aryl methyl sites for hydroxylation is 1. The third-order valence-electron chi connectivity index (χ3n) is 7.00. The number of carbonyl (C=O) groups excluding carboxylic acids is 1. The molecule has 39 heavy (non-hydrogen) atoms. The van der Waals surface area contributed by atoms with Crippen molar-refractivity contribution in [3.05, 3.63) is 95.3 Å². The molecule has 0 spiro atoms. The summed E-state index contributed by atoms with van der Waals surface area (Å²) in [5.41, 5.74) is 18.1. The molecule has 0 aliphatic carbocycles. The maximum Gasteiger partial charge on any atom is 0.237 e. The molecule has 6 N–H and O–H groups in total. The Hall–Kier alpha value is -4.43. The van der Waals surface area contributed by atoms with Gasteiger partial charge in [-0.1, -0.05) is 67.9 Å². The Bertz CT molecular complexity index is 1590. The summed E-state index contributed by atoms with van der Waals surface area (Å²) in [6.07, 6.45) is 3.39. The van der Waals surface area contributed by atoms with E-state index in [4.69, 9.17) is 16.5 Å². The normalized spacial score (nSPS) is 12.2. The Kier molecular flexibility index (Phi) is 7.74. The van der Waals surface area contributed by atoms with Crippen LogP contribution in [-0.2, 0) is 30.7 Å². The lowest BCUT2D eigenvalue weighted by Crippen LogP contribution is -2.41. The van der Waals surface area contributed by atoms with Crippen LogP contribution in [0.3, 0.4) is 0 Å². The largest absolute Gasteiger partial charge is 0.508 e. The number of unbranched alkanes of at least 4 members (excludes halogenated alkanes) is 1. The summed E-state index contributed by atoms with van der Waals surface area (Å²) in [5.74, 6) is 1.44. The van der Waals surface area contributed by atoms with Crippen molar-refractivity contribution in [1.29, 1.82) is 0 Å². The fourth-order valence-electron chi connectivity index (χ4n) is 4.84. The lowest BCUT2D eigenvalue weighted by atomic mass is 10.1. The summed E-state index contributed by atoms with van der Waals surface area (Å²) in [4.78, 5) is 22.0. The van der Waals surface area contributed by atoms with Crippen molar-refractivity contribution >= 4 is 33.7 Å². The van der Waals surface area contributed by atoms with Gasteiger partial charge in [-0.05, 0) is 47.7 Å². The highest BCUT2D eigenvalue weighted by atomic mass is 16.3. The highest BCUT2D eigenvalue weighted by Gasteiger charge is 2.18. The van der Waals surface area contributed by atoms with Gasteiger partial charge in [-0.25, -0.2) is 9.97 Å². The number of hydrogen-bond donors (Lipinski definition) is 4. The van der Waals surface area contributed by atoms with E-state index < -0.39 is 6.04 Å². The van der Waals surface area contributed by atoms with Gasteiger partial charge in [-0.3, -0.25) is 4.79 Å². The maximum atomic E-state index is 12.5. The number of nitrogens with zero attached hydrogens (tertiary/aromatic N) is 3. The summed E-state index contributed by atoms with van der Waals surface area (Å²) in [6, 6.07) is 22.3. The molecule has 1 unspecified atom stereocenters. The zero-order chi connectivity index (χ0) is 27.4. The number of nitrogen functional groups attached to an aromatic ring is 1. The number of hydrogen-bond acceptors (Lipinski definition) is 6. The molecule has 0 fully saturated rings. The molecule has 1 amide bonds. The molecule has 1 atom stereocenters. The van der Waals surface area contributed by atoms with Gasteiger partial charge in [-0.15, -0.1) is 0 Å². The second-order valence-electron chi connectivity index (χ2n) is 9.94. The number of imidazole rings is 1. The van der Waals surface area contributed by atoms with Gasteiger partial charge in [0.1, 0.15) is 17.1 Å². The Balaban J connectivity index is 1.31. The Morgan fingerprint density at radius 3 is 2.41 bits per heavy atom. The highest BCUT2D eigenvalue weighted by Crippen LogP contribution is 2.30. The zero-order valence-electron chi connectivity index (χ0n) is 22.1. The second kappa shape index (κ2) is 11.5. The number of para-hydroxylation sites is 1. The summed E-state index contributed by atoms with van der Waals surface area (Å²) >= 11 is 0. The van der Waals surface area contributed by atoms with E-state index >= 15 is 0 Å². The van der Waals surface area contributed by atoms with Crippen LogP contribution in [0.25, 0.3) is 21.9 Å². The number of aromatic nitrogens is 3. The van der Waals surface area contributed by atoms with Gasteiger partial charge in [0.05, 0.1) is 17.1 Å². The molecule has 0 saturated heterocycles. The van der Waals surface area contributed by atoms with Crippen LogP contribution in [0, 0.1) is 0 Å². The van der Waals surface area contributed by atoms with E-state index in [1.54, 1.807) is 24.3 Å². The molecule has 5 rings (SSSR count). The first kappa shape index (κ1) is 26.2. The minimum atomic E-state index is -0.665. The van der Waals surface area contributed by atoms with E-state index in [0.717, 1.165) is 63.7 Å². The predicted octanol–water partition coefficient (Wildman–Crippen LogP) is 4.45. The van der Waals surface area contributed by atoms with Crippen LogP contribution in [0.1, 0.15) is 42.3 Å². The summed E-state index contributed by atoms with van der Waals surface area (Å²) in [7, 11) is 0. The van der Waals surface area contributed by atoms with Crippen LogP contribution in [0.15, 0.2) is 72.8 Å². The van der Waals surface area contributed by atoms with Gasteiger partial charge >= 0.3 is 0 Å². The van der Waals surface area contributed by atoms with Crippen molar-refractivity contribution in [2.75, 3.05) is 5.73 Å². The minimum absolute atomic E-state index is 0.188. The molecule has 3 aromatic carbocycles. The average Bonchev–Trinajstić information content (AvgIpc) is 3.31. The van der Waals surface area contributed by atoms with Crippen molar-refractivity contribution in [2.45, 2.75) is 51.7 Å². The van der Waals surface area contributed by atoms with Crippen LogP contribution >= 0.6 is 0 Å². The van der Waals surface area contributed by atoms with E-state index in [2.05, 4.69) is 40.0 Å². The number of phenolic OH excluding ortho intramolecular Hbond substituents is 1. The number of pyridine rings is 1. The smallest absolute Gasteiger partial charge is 0.237 e. The van der Waals surface area contributed by atoms with Crippen molar-refractivity contribution in [3.8, 4) is 5.75 Å². The van der Waals surface area contributed by atoms with E-state index in [0.29, 0.717) is 25.3 Å². The molecule has 0 saturated carbocycles. The first-order chi connectivity index (χ1) is 18.9. The van der Waals surface area contributed by atoms with Gasteiger partial charge in [0.25, 0.3) is 0 Å². The molecular weight excluding hydrogens is 488 g/mol. The number of benzene rings is 3. The third kappa shape index (κ3) is 5.86. The summed E-state index contributed by atoms with van der Waals surface area (Å²) in [5, 5.41) is 13.4. The molecule has 0 radical (unpaired) electrons. The number of anilines is 1. The van der Waals surface area contributed by atoms with Crippen LogP contribution in [0.4, 0.5) is 5.82 Å². The first-order valence-corrected chi connectivity index (χ1v) is 13.3. The summed E-state index contributed by atoms with van der Waals surface area (Å²) in [6.45, 7) is 3.23. The molecule has 2 heterocycles. The number of carbonyl (C=O) groups is 1. The second-order valence-corrected chi connectivity index (χ2v) is 9.94. The number of nitrogens with two attached hydrogens (primary N) is 2. The summed E-state index contributed by atoms with van der Waals surface area (Å²) < 4.78 is 2.27. The van der Waals surface area contributed by atoms with E-state index in [1.807, 2.05) is 30.3 Å². The molecule has 0 aliphatic rings. The Labute approximate surface area is 227 Å². The number of fused-ring (bicyclic) bond motifs is 3. The van der Waals surface area contributed by atoms with Crippen molar-refractivity contribution < 1.29 is 9.90 Å². The van der Waals surface area contributed by atoms with Crippen molar-refractivity contribution in [3.63, 3.8) is 0 Å². The molecular formula is C31H34N6O2. The van der Waals surface area contributed by atoms with Crippen molar-refractivity contribution in [1.82, 2.24) is 19.9 Å². The van der Waals surface area contributed by atoms with E-state index in [-0.39, 0.29) is 11.7 Å². The SMILES string of the molecule is CCCCc1nc2c(N)nc3ccccc3c2n1Cc1ccc(CNC(=O)C(N)Cc2ccc(O)cc2)cc1. The van der Waals surface area contributed by atoms with Crippen LogP contribution in [-0.4, -0.2) is 31.6 Å². The van der Waals surface area contributed by atoms with Gasteiger partial charge in [-0.2, -0.15) is 0 Å². The topological polar surface area (TPSA) is 132 Å². The lowest BCUT2D eigenvalue weighted by molar-refractivity contribution is -0.122. The molecule has 0 aliphatic heterocycles. The van der Waals surface area contributed by atoms with Crippen molar-refractivity contribution in [2.24, 2.45) is 5.73 Å². The fraction of sp³-hybridized carbons (Fsp3) is 0.258.